The summed E-state index contributed by atoms with van der Waals surface area (Å²) in [7, 11) is 0. The maximum Gasteiger partial charge on any atom is 0.249 e. The highest BCUT2D eigenvalue weighted by Crippen LogP contribution is 2.51. The highest BCUT2D eigenvalue weighted by atomic mass is 32.1. The molecule has 2 N–H and O–H groups in total. The fourth-order valence-corrected chi connectivity index (χ4v) is 1.72. The third-order valence-electron chi connectivity index (χ3n) is 2.04. The van der Waals surface area contributed by atoms with Gasteiger partial charge in [0.25, 0.3) is 0 Å². The maximum atomic E-state index is 12.3. The Morgan fingerprint density at radius 2 is 1.90 bits per heavy atom. The van der Waals surface area contributed by atoms with Gasteiger partial charge >= 0.3 is 0 Å². The van der Waals surface area contributed by atoms with E-state index in [2.05, 4.69) is 12.6 Å². The molecule has 0 aromatic heterocycles. The lowest BCUT2D eigenvalue weighted by Gasteiger charge is -2.45. The quantitative estimate of drug-likeness (QED) is 0.595. The minimum absolute atomic E-state index is 0.0833. The topological polar surface area (TPSA) is 26.0 Å². The van der Waals surface area contributed by atoms with Crippen molar-refractivity contribution in [3.8, 4) is 0 Å². The number of rotatable bonds is 2. The summed E-state index contributed by atoms with van der Waals surface area (Å²) >= 11 is 3.98. The van der Waals surface area contributed by atoms with E-state index in [0.29, 0.717) is 12.3 Å². The third kappa shape index (κ3) is 1.27. The lowest BCUT2D eigenvalue weighted by atomic mass is 9.67. The van der Waals surface area contributed by atoms with E-state index in [0.717, 1.165) is 0 Å². The molecule has 0 heterocycles. The average Bonchev–Trinajstić information content (AvgIpc) is 1.82. The smallest absolute Gasteiger partial charge is 0.249 e. The molecular weight excluding hydrogens is 156 g/mol. The summed E-state index contributed by atoms with van der Waals surface area (Å²) in [4.78, 5) is 0. The van der Waals surface area contributed by atoms with Crippen LogP contribution in [-0.4, -0.2) is 18.2 Å². The third-order valence-corrected chi connectivity index (χ3v) is 2.71. The second kappa shape index (κ2) is 2.34. The Hall–Kier alpha value is 0.170. The normalized spacial score (nSPS) is 27.6. The van der Waals surface area contributed by atoms with Crippen molar-refractivity contribution < 1.29 is 8.78 Å². The van der Waals surface area contributed by atoms with E-state index in [1.54, 1.807) is 0 Å². The zero-order chi connectivity index (χ0) is 7.83. The Labute approximate surface area is 64.4 Å². The van der Waals surface area contributed by atoms with Crippen LogP contribution < -0.4 is 5.73 Å². The first-order valence-electron chi connectivity index (χ1n) is 3.22. The van der Waals surface area contributed by atoms with Crippen molar-refractivity contribution in [3.63, 3.8) is 0 Å². The first-order valence-corrected chi connectivity index (χ1v) is 3.86. The molecule has 0 radical (unpaired) electrons. The molecule has 0 atom stereocenters. The first-order chi connectivity index (χ1) is 4.54. The molecule has 1 rings (SSSR count). The van der Waals surface area contributed by atoms with Gasteiger partial charge in [0.2, 0.25) is 5.92 Å². The summed E-state index contributed by atoms with van der Waals surface area (Å²) in [6, 6.07) is 0. The summed E-state index contributed by atoms with van der Waals surface area (Å²) in [5.74, 6) is -2.00. The molecule has 0 saturated heterocycles. The van der Waals surface area contributed by atoms with E-state index >= 15 is 0 Å². The van der Waals surface area contributed by atoms with Gasteiger partial charge in [0.15, 0.2) is 0 Å². The Kier molecular flexibility index (Phi) is 1.94. The van der Waals surface area contributed by atoms with Crippen molar-refractivity contribution in [2.75, 3.05) is 12.3 Å². The summed E-state index contributed by atoms with van der Waals surface area (Å²) in [6.45, 7) is 0.325. The Morgan fingerprint density at radius 3 is 2.00 bits per heavy atom. The fraction of sp³-hybridized carbons (Fsp3) is 1.00. The highest BCUT2D eigenvalue weighted by Gasteiger charge is 2.54. The van der Waals surface area contributed by atoms with E-state index in [4.69, 9.17) is 5.73 Å². The zero-order valence-electron chi connectivity index (χ0n) is 5.61. The Morgan fingerprint density at radius 1 is 1.40 bits per heavy atom. The van der Waals surface area contributed by atoms with Crippen LogP contribution in [0.25, 0.3) is 0 Å². The van der Waals surface area contributed by atoms with Crippen molar-refractivity contribution in [3.05, 3.63) is 0 Å². The molecular formula is C6H11F2NS. The molecule has 1 fully saturated rings. The minimum atomic E-state index is -2.47. The molecule has 0 aromatic rings. The fourth-order valence-electron chi connectivity index (χ4n) is 1.37. The monoisotopic (exact) mass is 167 g/mol. The number of hydrogen-bond acceptors (Lipinski definition) is 2. The van der Waals surface area contributed by atoms with E-state index < -0.39 is 5.92 Å². The molecule has 1 aliphatic carbocycles. The van der Waals surface area contributed by atoms with Crippen LogP contribution >= 0.6 is 12.6 Å². The molecule has 0 spiro atoms. The molecule has 1 saturated carbocycles. The molecule has 60 valence electrons. The van der Waals surface area contributed by atoms with Crippen molar-refractivity contribution in [2.45, 2.75) is 18.8 Å². The maximum absolute atomic E-state index is 12.3. The Bertz CT molecular complexity index is 124. The van der Waals surface area contributed by atoms with Crippen LogP contribution in [0.3, 0.4) is 0 Å². The molecule has 0 aliphatic heterocycles. The van der Waals surface area contributed by atoms with Crippen LogP contribution in [0.5, 0.6) is 0 Å². The van der Waals surface area contributed by atoms with E-state index in [1.165, 1.54) is 0 Å². The van der Waals surface area contributed by atoms with Gasteiger partial charge < -0.3 is 5.73 Å². The molecule has 0 bridgehead atoms. The zero-order valence-corrected chi connectivity index (χ0v) is 6.50. The number of halogens is 2. The van der Waals surface area contributed by atoms with E-state index in [9.17, 15) is 8.78 Å². The first kappa shape index (κ1) is 8.27. The molecule has 4 heteroatoms. The molecule has 1 aliphatic rings. The van der Waals surface area contributed by atoms with Crippen LogP contribution in [0.15, 0.2) is 0 Å². The highest BCUT2D eigenvalue weighted by molar-refractivity contribution is 7.80. The predicted molar refractivity (Wildman–Crippen MR) is 39.5 cm³/mol. The van der Waals surface area contributed by atoms with E-state index in [-0.39, 0.29) is 18.3 Å². The van der Waals surface area contributed by atoms with Crippen LogP contribution in [0, 0.1) is 5.41 Å². The predicted octanol–water partition coefficient (Wildman–Crippen LogP) is 1.29. The van der Waals surface area contributed by atoms with Crippen LogP contribution in [0.4, 0.5) is 8.78 Å². The summed E-state index contributed by atoms with van der Waals surface area (Å²) in [6.07, 6.45) is -0.167. The van der Waals surface area contributed by atoms with Crippen molar-refractivity contribution in [2.24, 2.45) is 11.1 Å². The van der Waals surface area contributed by atoms with Gasteiger partial charge in [0, 0.05) is 18.3 Å². The van der Waals surface area contributed by atoms with Gasteiger partial charge in [-0.05, 0) is 12.3 Å². The SMILES string of the molecule is NCC1(CS)CC(F)(F)C1. The van der Waals surface area contributed by atoms with Gasteiger partial charge in [-0.25, -0.2) is 8.78 Å². The molecule has 0 amide bonds. The number of alkyl halides is 2. The molecule has 10 heavy (non-hydrogen) atoms. The van der Waals surface area contributed by atoms with Crippen LogP contribution in [0.2, 0.25) is 0 Å². The lowest BCUT2D eigenvalue weighted by Crippen LogP contribution is -2.51. The number of nitrogens with two attached hydrogens (primary N) is 1. The van der Waals surface area contributed by atoms with Gasteiger partial charge in [-0.2, -0.15) is 12.6 Å². The summed E-state index contributed by atoms with van der Waals surface area (Å²) in [5, 5.41) is 0. The van der Waals surface area contributed by atoms with Crippen molar-refractivity contribution >= 4 is 12.6 Å². The Balaban J connectivity index is 2.46. The van der Waals surface area contributed by atoms with Crippen molar-refractivity contribution in [1.29, 1.82) is 0 Å². The summed E-state index contributed by atoms with van der Waals surface area (Å²) in [5.41, 5.74) is 4.95. The average molecular weight is 167 g/mol. The largest absolute Gasteiger partial charge is 0.330 e. The minimum Gasteiger partial charge on any atom is -0.330 e. The molecule has 0 unspecified atom stereocenters. The summed E-state index contributed by atoms with van der Waals surface area (Å²) < 4.78 is 24.6. The molecule has 0 aromatic carbocycles. The second-order valence-corrected chi connectivity index (χ2v) is 3.39. The van der Waals surface area contributed by atoms with E-state index in [1.807, 2.05) is 0 Å². The van der Waals surface area contributed by atoms with Crippen LogP contribution in [-0.2, 0) is 0 Å². The van der Waals surface area contributed by atoms with Gasteiger partial charge in [0.1, 0.15) is 0 Å². The van der Waals surface area contributed by atoms with Crippen molar-refractivity contribution in [1.82, 2.24) is 0 Å². The lowest BCUT2D eigenvalue weighted by molar-refractivity contribution is -0.147. The standard InChI is InChI=1S/C6H11F2NS/c7-6(8)1-5(2-6,3-9)4-10/h10H,1-4,9H2. The van der Waals surface area contributed by atoms with Gasteiger partial charge in [-0.15, -0.1) is 0 Å². The van der Waals surface area contributed by atoms with Gasteiger partial charge in [-0.1, -0.05) is 0 Å². The van der Waals surface area contributed by atoms with Crippen LogP contribution in [0.1, 0.15) is 12.8 Å². The number of hydrogen-bond donors (Lipinski definition) is 2. The van der Waals surface area contributed by atoms with Gasteiger partial charge in [0.05, 0.1) is 0 Å². The molecule has 1 nitrogen and oxygen atoms in total. The van der Waals surface area contributed by atoms with Gasteiger partial charge in [-0.3, -0.25) is 0 Å². The second-order valence-electron chi connectivity index (χ2n) is 3.07. The number of thiol groups is 1.